The van der Waals surface area contributed by atoms with Gasteiger partial charge in [0.15, 0.2) is 5.03 Å². The van der Waals surface area contributed by atoms with Crippen LogP contribution in [0.25, 0.3) is 0 Å². The maximum atomic E-state index is 12.8. The fourth-order valence-corrected chi connectivity index (χ4v) is 3.93. The molecule has 0 amide bonds. The van der Waals surface area contributed by atoms with E-state index < -0.39 is 10.0 Å². The third kappa shape index (κ3) is 2.36. The minimum Gasteiger partial charge on any atom is -0.508 e. The number of aromatic hydroxyl groups is 1. The number of phenols is 1. The lowest BCUT2D eigenvalue weighted by Gasteiger charge is -2.23. The molecule has 2 aromatic rings. The highest BCUT2D eigenvalue weighted by atomic mass is 32.2. The van der Waals surface area contributed by atoms with E-state index in [1.165, 1.54) is 27.3 Å². The zero-order chi connectivity index (χ0) is 14.9. The number of phenolic OH excluding ortho intramolecular Hbond substituents is 1. The monoisotopic (exact) mass is 295 g/mol. The molecule has 0 aliphatic carbocycles. The molecule has 0 aliphatic heterocycles. The molecule has 0 radical (unpaired) electrons. The van der Waals surface area contributed by atoms with Crippen molar-refractivity contribution in [2.45, 2.75) is 18.9 Å². The van der Waals surface area contributed by atoms with Crippen molar-refractivity contribution >= 4 is 15.7 Å². The maximum absolute atomic E-state index is 12.8. The summed E-state index contributed by atoms with van der Waals surface area (Å²) in [6, 6.07) is 6.18. The number of sulfonamides is 1. The van der Waals surface area contributed by atoms with Crippen LogP contribution in [0.4, 0.5) is 5.69 Å². The Bertz CT molecular complexity index is 703. The first-order valence-corrected chi connectivity index (χ1v) is 7.62. The van der Waals surface area contributed by atoms with Crippen LogP contribution in [0.5, 0.6) is 5.75 Å². The summed E-state index contributed by atoms with van der Waals surface area (Å²) in [5.41, 5.74) is 1.01. The van der Waals surface area contributed by atoms with Crippen LogP contribution in [0.15, 0.2) is 35.5 Å². The minimum absolute atomic E-state index is 0.0258. The quantitative estimate of drug-likeness (QED) is 0.930. The Hall–Kier alpha value is -2.02. The first-order chi connectivity index (χ1) is 9.37. The summed E-state index contributed by atoms with van der Waals surface area (Å²) in [4.78, 5) is 0. The van der Waals surface area contributed by atoms with Crippen LogP contribution in [0.1, 0.15) is 12.5 Å². The number of anilines is 1. The second-order valence-corrected chi connectivity index (χ2v) is 6.22. The summed E-state index contributed by atoms with van der Waals surface area (Å²) in [6.07, 6.45) is 1.52. The number of aromatic nitrogens is 2. The summed E-state index contributed by atoms with van der Waals surface area (Å²) in [5.74, 6) is 0.0258. The Labute approximate surface area is 118 Å². The molecule has 0 spiro atoms. The van der Waals surface area contributed by atoms with Crippen molar-refractivity contribution in [3.05, 3.63) is 36.0 Å². The standard InChI is InChI=1S/C13H17N3O3S/c1-4-16(11-6-5-7-12(17)8-11)20(18,19)13-10(2)9-14-15(13)3/h5-9,17H,4H2,1-3H3. The fraction of sp³-hybridized carbons (Fsp3) is 0.308. The lowest BCUT2D eigenvalue weighted by molar-refractivity contribution is 0.475. The molecule has 1 heterocycles. The van der Waals surface area contributed by atoms with Crippen molar-refractivity contribution in [2.75, 3.05) is 10.8 Å². The Morgan fingerprint density at radius 3 is 2.60 bits per heavy atom. The van der Waals surface area contributed by atoms with Gasteiger partial charge in [-0.15, -0.1) is 0 Å². The summed E-state index contributed by atoms with van der Waals surface area (Å²) in [6.45, 7) is 3.71. The molecule has 1 aromatic heterocycles. The molecule has 0 bridgehead atoms. The highest BCUT2D eigenvalue weighted by Crippen LogP contribution is 2.27. The lowest BCUT2D eigenvalue weighted by Crippen LogP contribution is -2.32. The Balaban J connectivity index is 2.57. The van der Waals surface area contributed by atoms with Crippen LogP contribution in [0.3, 0.4) is 0 Å². The van der Waals surface area contributed by atoms with Gasteiger partial charge in [-0.1, -0.05) is 6.07 Å². The Morgan fingerprint density at radius 2 is 2.10 bits per heavy atom. The first-order valence-electron chi connectivity index (χ1n) is 6.18. The smallest absolute Gasteiger partial charge is 0.281 e. The SMILES string of the molecule is CCN(c1cccc(O)c1)S(=O)(=O)c1c(C)cnn1C. The maximum Gasteiger partial charge on any atom is 0.281 e. The molecule has 0 unspecified atom stereocenters. The summed E-state index contributed by atoms with van der Waals surface area (Å²) < 4.78 is 28.1. The molecule has 108 valence electrons. The van der Waals surface area contributed by atoms with Crippen LogP contribution in [-0.4, -0.2) is 29.8 Å². The summed E-state index contributed by atoms with van der Waals surface area (Å²) in [7, 11) is -2.12. The average molecular weight is 295 g/mol. The molecule has 7 heteroatoms. The minimum atomic E-state index is -3.72. The molecule has 0 atom stereocenters. The van der Waals surface area contributed by atoms with Crippen LogP contribution >= 0.6 is 0 Å². The predicted molar refractivity (Wildman–Crippen MR) is 76.3 cm³/mol. The average Bonchev–Trinajstić information content (AvgIpc) is 2.70. The largest absolute Gasteiger partial charge is 0.508 e. The topological polar surface area (TPSA) is 75.4 Å². The number of rotatable bonds is 4. The number of nitrogens with zero attached hydrogens (tertiary/aromatic N) is 3. The van der Waals surface area contributed by atoms with E-state index in [1.807, 2.05) is 0 Å². The fourth-order valence-electron chi connectivity index (χ4n) is 2.15. The van der Waals surface area contributed by atoms with E-state index in [2.05, 4.69) is 5.10 Å². The van der Waals surface area contributed by atoms with Gasteiger partial charge in [0.1, 0.15) is 5.75 Å². The van der Waals surface area contributed by atoms with Crippen molar-refractivity contribution in [2.24, 2.45) is 7.05 Å². The third-order valence-corrected chi connectivity index (χ3v) is 5.12. The van der Waals surface area contributed by atoms with Gasteiger partial charge in [-0.05, 0) is 26.0 Å². The van der Waals surface area contributed by atoms with Gasteiger partial charge in [0.05, 0.1) is 11.9 Å². The van der Waals surface area contributed by atoms with Gasteiger partial charge < -0.3 is 5.11 Å². The van der Waals surface area contributed by atoms with E-state index in [-0.39, 0.29) is 17.3 Å². The van der Waals surface area contributed by atoms with E-state index in [0.717, 1.165) is 0 Å². The summed E-state index contributed by atoms with van der Waals surface area (Å²) >= 11 is 0. The third-order valence-electron chi connectivity index (χ3n) is 3.00. The highest BCUT2D eigenvalue weighted by molar-refractivity contribution is 7.92. The first kappa shape index (κ1) is 14.4. The van der Waals surface area contributed by atoms with Crippen molar-refractivity contribution in [1.29, 1.82) is 0 Å². The molecular formula is C13H17N3O3S. The van der Waals surface area contributed by atoms with Crippen molar-refractivity contribution in [1.82, 2.24) is 9.78 Å². The molecule has 0 saturated carbocycles. The van der Waals surface area contributed by atoms with Crippen LogP contribution in [0, 0.1) is 6.92 Å². The molecule has 1 aromatic carbocycles. The molecule has 1 N–H and O–H groups in total. The van der Waals surface area contributed by atoms with Crippen LogP contribution < -0.4 is 4.31 Å². The number of benzene rings is 1. The second-order valence-electron chi connectivity index (χ2n) is 4.45. The van der Waals surface area contributed by atoms with Crippen molar-refractivity contribution in [3.63, 3.8) is 0 Å². The van der Waals surface area contributed by atoms with Crippen molar-refractivity contribution in [3.8, 4) is 5.75 Å². The van der Waals surface area contributed by atoms with Gasteiger partial charge in [-0.2, -0.15) is 13.5 Å². The van der Waals surface area contributed by atoms with E-state index in [9.17, 15) is 13.5 Å². The normalized spacial score (nSPS) is 11.6. The van der Waals surface area contributed by atoms with E-state index in [1.54, 1.807) is 33.0 Å². The molecule has 6 nitrogen and oxygen atoms in total. The molecule has 0 saturated heterocycles. The van der Waals surface area contributed by atoms with Gasteiger partial charge >= 0.3 is 0 Å². The van der Waals surface area contributed by atoms with Gasteiger partial charge in [0, 0.05) is 25.2 Å². The second kappa shape index (κ2) is 5.16. The van der Waals surface area contributed by atoms with E-state index in [0.29, 0.717) is 11.3 Å². The van der Waals surface area contributed by atoms with Crippen molar-refractivity contribution < 1.29 is 13.5 Å². The summed E-state index contributed by atoms with van der Waals surface area (Å²) in [5, 5.41) is 13.7. The molecule has 20 heavy (non-hydrogen) atoms. The van der Waals surface area contributed by atoms with E-state index >= 15 is 0 Å². The number of hydrogen-bond acceptors (Lipinski definition) is 4. The van der Waals surface area contributed by atoms with Gasteiger partial charge in [0.2, 0.25) is 0 Å². The zero-order valence-corrected chi connectivity index (χ0v) is 12.4. The molecule has 0 fully saturated rings. The van der Waals surface area contributed by atoms with E-state index in [4.69, 9.17) is 0 Å². The zero-order valence-electron chi connectivity index (χ0n) is 11.6. The van der Waals surface area contributed by atoms with Crippen LogP contribution in [-0.2, 0) is 17.1 Å². The van der Waals surface area contributed by atoms with Gasteiger partial charge in [0.25, 0.3) is 10.0 Å². The Kier molecular flexibility index (Phi) is 3.71. The number of hydrogen-bond donors (Lipinski definition) is 1. The van der Waals surface area contributed by atoms with Gasteiger partial charge in [-0.25, -0.2) is 0 Å². The molecular weight excluding hydrogens is 278 g/mol. The lowest BCUT2D eigenvalue weighted by atomic mass is 10.3. The number of aryl methyl sites for hydroxylation is 2. The Morgan fingerprint density at radius 1 is 1.40 bits per heavy atom. The molecule has 0 aliphatic rings. The molecule has 2 rings (SSSR count). The highest BCUT2D eigenvalue weighted by Gasteiger charge is 2.28. The predicted octanol–water partition coefficient (Wildman–Crippen LogP) is 1.65. The van der Waals surface area contributed by atoms with Crippen LogP contribution in [0.2, 0.25) is 0 Å². The van der Waals surface area contributed by atoms with Gasteiger partial charge in [-0.3, -0.25) is 8.99 Å².